The number of amides is 1. The average Bonchev–Trinajstić information content (AvgIpc) is 2.61. The molecule has 1 aromatic carbocycles. The van der Waals surface area contributed by atoms with Gasteiger partial charge in [-0.15, -0.1) is 0 Å². The molecule has 0 saturated carbocycles. The molecule has 86 valence electrons. The van der Waals surface area contributed by atoms with Gasteiger partial charge in [0, 0.05) is 19.6 Å². The second-order valence-corrected chi connectivity index (χ2v) is 3.88. The molecule has 1 aliphatic rings. The van der Waals surface area contributed by atoms with Crippen molar-refractivity contribution in [3.05, 3.63) is 35.9 Å². The summed E-state index contributed by atoms with van der Waals surface area (Å²) in [5, 5.41) is 8.78. The number of aliphatic hydroxyl groups excluding tert-OH is 1. The Morgan fingerprint density at radius 1 is 1.38 bits per heavy atom. The van der Waals surface area contributed by atoms with E-state index in [9.17, 15) is 4.79 Å². The lowest BCUT2D eigenvalue weighted by Gasteiger charge is -2.12. The van der Waals surface area contributed by atoms with E-state index in [0.717, 1.165) is 5.56 Å². The van der Waals surface area contributed by atoms with Crippen molar-refractivity contribution in [1.82, 2.24) is 4.90 Å². The van der Waals surface area contributed by atoms with Gasteiger partial charge in [0.1, 0.15) is 6.10 Å². The van der Waals surface area contributed by atoms with Gasteiger partial charge < -0.3 is 14.7 Å². The number of carbonyl (C=O) groups excluding carboxylic acids is 1. The van der Waals surface area contributed by atoms with Crippen molar-refractivity contribution >= 4 is 6.09 Å². The zero-order valence-corrected chi connectivity index (χ0v) is 9.00. The van der Waals surface area contributed by atoms with Crippen LogP contribution < -0.4 is 0 Å². The van der Waals surface area contributed by atoms with Crippen molar-refractivity contribution in [2.75, 3.05) is 13.2 Å². The van der Waals surface area contributed by atoms with Crippen molar-refractivity contribution in [2.24, 2.45) is 0 Å². The number of hydrogen-bond donors (Lipinski definition) is 1. The summed E-state index contributed by atoms with van der Waals surface area (Å²) in [6.07, 6.45) is 0.0559. The Labute approximate surface area is 94.4 Å². The highest BCUT2D eigenvalue weighted by atomic mass is 16.6. The molecule has 1 saturated heterocycles. The first-order chi connectivity index (χ1) is 7.79. The first-order valence-electron chi connectivity index (χ1n) is 5.40. The number of aliphatic hydroxyl groups is 1. The Hall–Kier alpha value is -1.55. The molecule has 0 aliphatic carbocycles. The minimum absolute atomic E-state index is 0.0527. The highest BCUT2D eigenvalue weighted by Crippen LogP contribution is 2.16. The van der Waals surface area contributed by atoms with E-state index >= 15 is 0 Å². The van der Waals surface area contributed by atoms with Gasteiger partial charge in [0.25, 0.3) is 0 Å². The summed E-state index contributed by atoms with van der Waals surface area (Å²) in [6.45, 7) is 1.19. The zero-order chi connectivity index (χ0) is 11.4. The Kier molecular flexibility index (Phi) is 3.41. The van der Waals surface area contributed by atoms with Gasteiger partial charge in [-0.25, -0.2) is 4.79 Å². The molecule has 2 rings (SSSR count). The molecule has 1 aromatic rings. The Bertz CT molecular complexity index is 353. The van der Waals surface area contributed by atoms with Crippen LogP contribution in [-0.2, 0) is 11.3 Å². The number of carbonyl (C=O) groups is 1. The Morgan fingerprint density at radius 3 is 2.81 bits per heavy atom. The number of nitrogens with zero attached hydrogens (tertiary/aromatic N) is 1. The van der Waals surface area contributed by atoms with Crippen LogP contribution in [0.5, 0.6) is 0 Å². The maximum Gasteiger partial charge on any atom is 0.410 e. The highest BCUT2D eigenvalue weighted by molar-refractivity contribution is 5.69. The number of ether oxygens (including phenoxy) is 1. The standard InChI is InChI=1S/C12H15NO3/c14-7-6-11-9-13(12(15)16-11)8-10-4-2-1-3-5-10/h1-5,11,14H,6-9H2. The van der Waals surface area contributed by atoms with Crippen LogP contribution in [-0.4, -0.2) is 35.4 Å². The van der Waals surface area contributed by atoms with E-state index in [4.69, 9.17) is 9.84 Å². The number of cyclic esters (lactones) is 1. The minimum atomic E-state index is -0.290. The fraction of sp³-hybridized carbons (Fsp3) is 0.417. The molecule has 1 amide bonds. The summed E-state index contributed by atoms with van der Waals surface area (Å²) in [7, 11) is 0. The highest BCUT2D eigenvalue weighted by Gasteiger charge is 2.30. The third kappa shape index (κ3) is 2.52. The zero-order valence-electron chi connectivity index (χ0n) is 9.00. The largest absolute Gasteiger partial charge is 0.444 e. The molecule has 4 nitrogen and oxygen atoms in total. The summed E-state index contributed by atoms with van der Waals surface area (Å²) in [4.78, 5) is 13.1. The second-order valence-electron chi connectivity index (χ2n) is 3.88. The summed E-state index contributed by atoms with van der Waals surface area (Å²) in [5.41, 5.74) is 1.09. The van der Waals surface area contributed by atoms with Crippen LogP contribution in [0.15, 0.2) is 30.3 Å². The maximum absolute atomic E-state index is 11.5. The summed E-state index contributed by atoms with van der Waals surface area (Å²) in [5.74, 6) is 0. The van der Waals surface area contributed by atoms with Gasteiger partial charge in [0.15, 0.2) is 0 Å². The third-order valence-electron chi connectivity index (χ3n) is 2.62. The van der Waals surface area contributed by atoms with Crippen molar-refractivity contribution in [2.45, 2.75) is 19.1 Å². The van der Waals surface area contributed by atoms with E-state index in [1.54, 1.807) is 4.90 Å². The summed E-state index contributed by atoms with van der Waals surface area (Å²) >= 11 is 0. The van der Waals surface area contributed by atoms with E-state index in [1.165, 1.54) is 0 Å². The molecule has 16 heavy (non-hydrogen) atoms. The van der Waals surface area contributed by atoms with E-state index < -0.39 is 0 Å². The lowest BCUT2D eigenvalue weighted by molar-refractivity contribution is 0.117. The van der Waals surface area contributed by atoms with Crippen LogP contribution in [0, 0.1) is 0 Å². The fourth-order valence-corrected chi connectivity index (χ4v) is 1.80. The monoisotopic (exact) mass is 221 g/mol. The molecule has 0 aromatic heterocycles. The number of rotatable bonds is 4. The van der Waals surface area contributed by atoms with Crippen LogP contribution in [0.1, 0.15) is 12.0 Å². The van der Waals surface area contributed by atoms with Crippen molar-refractivity contribution in [1.29, 1.82) is 0 Å². The first-order valence-corrected chi connectivity index (χ1v) is 5.40. The van der Waals surface area contributed by atoms with Crippen molar-refractivity contribution in [3.8, 4) is 0 Å². The lowest BCUT2D eigenvalue weighted by Crippen LogP contribution is -2.24. The van der Waals surface area contributed by atoms with E-state index in [1.807, 2.05) is 30.3 Å². The molecule has 1 N–H and O–H groups in total. The second kappa shape index (κ2) is 4.99. The molecule has 4 heteroatoms. The van der Waals surface area contributed by atoms with E-state index in [2.05, 4.69) is 0 Å². The van der Waals surface area contributed by atoms with Crippen LogP contribution in [0.2, 0.25) is 0 Å². The van der Waals surface area contributed by atoms with Gasteiger partial charge in [0.2, 0.25) is 0 Å². The lowest BCUT2D eigenvalue weighted by atomic mass is 10.2. The predicted molar refractivity (Wildman–Crippen MR) is 58.8 cm³/mol. The molecule has 0 spiro atoms. The number of hydrogen-bond acceptors (Lipinski definition) is 3. The molecular formula is C12H15NO3. The van der Waals surface area contributed by atoms with E-state index in [-0.39, 0.29) is 18.8 Å². The maximum atomic E-state index is 11.5. The third-order valence-corrected chi connectivity index (χ3v) is 2.62. The first kappa shape index (κ1) is 11.0. The molecular weight excluding hydrogens is 206 g/mol. The summed E-state index contributed by atoms with van der Waals surface area (Å²) in [6, 6.07) is 9.80. The number of benzene rings is 1. The molecule has 1 heterocycles. The van der Waals surface area contributed by atoms with Gasteiger partial charge in [-0.1, -0.05) is 30.3 Å². The molecule has 0 radical (unpaired) electrons. The smallest absolute Gasteiger partial charge is 0.410 e. The summed E-state index contributed by atoms with van der Waals surface area (Å²) < 4.78 is 5.11. The SMILES string of the molecule is O=C1OC(CCO)CN1Cc1ccccc1. The molecule has 1 aliphatic heterocycles. The quantitative estimate of drug-likeness (QED) is 0.835. The normalized spacial score (nSPS) is 19.9. The van der Waals surface area contributed by atoms with Crippen LogP contribution >= 0.6 is 0 Å². The van der Waals surface area contributed by atoms with E-state index in [0.29, 0.717) is 19.5 Å². The molecule has 0 bridgehead atoms. The molecule has 1 atom stereocenters. The molecule has 1 fully saturated rings. The van der Waals surface area contributed by atoms with Crippen LogP contribution in [0.3, 0.4) is 0 Å². The van der Waals surface area contributed by atoms with Gasteiger partial charge >= 0.3 is 6.09 Å². The van der Waals surface area contributed by atoms with Crippen molar-refractivity contribution in [3.63, 3.8) is 0 Å². The minimum Gasteiger partial charge on any atom is -0.444 e. The average molecular weight is 221 g/mol. The topological polar surface area (TPSA) is 49.8 Å². The van der Waals surface area contributed by atoms with Gasteiger partial charge in [-0.2, -0.15) is 0 Å². The van der Waals surface area contributed by atoms with Gasteiger partial charge in [-0.05, 0) is 5.56 Å². The van der Waals surface area contributed by atoms with Crippen molar-refractivity contribution < 1.29 is 14.6 Å². The van der Waals surface area contributed by atoms with Crippen LogP contribution in [0.4, 0.5) is 4.79 Å². The Morgan fingerprint density at radius 2 is 2.12 bits per heavy atom. The Balaban J connectivity index is 1.94. The van der Waals surface area contributed by atoms with Gasteiger partial charge in [0.05, 0.1) is 6.54 Å². The molecule has 1 unspecified atom stereocenters. The van der Waals surface area contributed by atoms with Gasteiger partial charge in [-0.3, -0.25) is 0 Å². The predicted octanol–water partition coefficient (Wildman–Crippen LogP) is 1.39. The fourth-order valence-electron chi connectivity index (χ4n) is 1.80. The van der Waals surface area contributed by atoms with Crippen LogP contribution in [0.25, 0.3) is 0 Å².